The number of aryl methyl sites for hydroxylation is 1. The highest BCUT2D eigenvalue weighted by atomic mass is 16.2. The summed E-state index contributed by atoms with van der Waals surface area (Å²) in [5, 5.41) is 5.29. The first-order valence-corrected chi connectivity index (χ1v) is 6.26. The van der Waals surface area contributed by atoms with Crippen molar-refractivity contribution in [2.24, 2.45) is 11.7 Å². The van der Waals surface area contributed by atoms with Crippen LogP contribution in [0.4, 0.5) is 10.5 Å². The van der Waals surface area contributed by atoms with Crippen molar-refractivity contribution in [3.8, 4) is 0 Å². The number of benzene rings is 1. The van der Waals surface area contributed by atoms with Crippen LogP contribution < -0.4 is 16.4 Å². The molecule has 0 bridgehead atoms. The highest BCUT2D eigenvalue weighted by Gasteiger charge is 2.23. The first kappa shape index (κ1) is 15.0. The first-order chi connectivity index (χ1) is 8.82. The lowest BCUT2D eigenvalue weighted by atomic mass is 10.0. The SMILES string of the molecule is Cc1cccc(NC(=O)[C@H](NC(N)=O)C(C)C)c1C. The van der Waals surface area contributed by atoms with Gasteiger partial charge in [-0.3, -0.25) is 4.79 Å². The molecule has 0 fully saturated rings. The van der Waals surface area contributed by atoms with E-state index in [4.69, 9.17) is 5.73 Å². The number of rotatable bonds is 4. The third kappa shape index (κ3) is 3.98. The average molecular weight is 263 g/mol. The molecule has 0 aromatic heterocycles. The number of nitrogens with two attached hydrogens (primary N) is 1. The molecular formula is C14H21N3O2. The molecule has 19 heavy (non-hydrogen) atoms. The van der Waals surface area contributed by atoms with Gasteiger partial charge >= 0.3 is 6.03 Å². The van der Waals surface area contributed by atoms with Crippen LogP contribution in [0.3, 0.4) is 0 Å². The van der Waals surface area contributed by atoms with Gasteiger partial charge in [0.15, 0.2) is 0 Å². The summed E-state index contributed by atoms with van der Waals surface area (Å²) in [5.74, 6) is -0.305. The van der Waals surface area contributed by atoms with Crippen molar-refractivity contribution in [2.75, 3.05) is 5.32 Å². The van der Waals surface area contributed by atoms with Crippen LogP contribution in [0.1, 0.15) is 25.0 Å². The maximum Gasteiger partial charge on any atom is 0.312 e. The maximum absolute atomic E-state index is 12.2. The zero-order valence-corrected chi connectivity index (χ0v) is 11.8. The Hall–Kier alpha value is -2.04. The topological polar surface area (TPSA) is 84.2 Å². The molecule has 0 aliphatic carbocycles. The van der Waals surface area contributed by atoms with E-state index in [0.29, 0.717) is 0 Å². The van der Waals surface area contributed by atoms with Gasteiger partial charge in [0.1, 0.15) is 6.04 Å². The second-order valence-corrected chi connectivity index (χ2v) is 4.97. The van der Waals surface area contributed by atoms with Crippen LogP contribution in [0.5, 0.6) is 0 Å². The number of carbonyl (C=O) groups excluding carboxylic acids is 2. The smallest absolute Gasteiger partial charge is 0.312 e. The highest BCUT2D eigenvalue weighted by molar-refractivity contribution is 5.97. The van der Waals surface area contributed by atoms with Gasteiger partial charge in [0.05, 0.1) is 0 Å². The van der Waals surface area contributed by atoms with E-state index in [1.807, 2.05) is 45.9 Å². The van der Waals surface area contributed by atoms with Gasteiger partial charge < -0.3 is 16.4 Å². The van der Waals surface area contributed by atoms with Crippen LogP contribution in [-0.4, -0.2) is 18.0 Å². The summed E-state index contributed by atoms with van der Waals surface area (Å²) in [6.45, 7) is 7.62. The lowest BCUT2D eigenvalue weighted by Crippen LogP contribution is -2.49. The number of carbonyl (C=O) groups is 2. The molecule has 0 aliphatic rings. The van der Waals surface area contributed by atoms with Crippen LogP contribution in [-0.2, 0) is 4.79 Å². The van der Waals surface area contributed by atoms with Crippen molar-refractivity contribution >= 4 is 17.6 Å². The van der Waals surface area contributed by atoms with Crippen molar-refractivity contribution in [1.29, 1.82) is 0 Å². The van der Waals surface area contributed by atoms with Gasteiger partial charge in [0.2, 0.25) is 5.91 Å². The number of primary amides is 1. The third-order valence-corrected chi connectivity index (χ3v) is 3.11. The number of hydrogen-bond donors (Lipinski definition) is 3. The van der Waals surface area contributed by atoms with E-state index in [0.717, 1.165) is 16.8 Å². The molecule has 104 valence electrons. The summed E-state index contributed by atoms with van der Waals surface area (Å²) >= 11 is 0. The lowest BCUT2D eigenvalue weighted by molar-refractivity contribution is -0.118. The fourth-order valence-corrected chi connectivity index (χ4v) is 1.79. The number of anilines is 1. The van der Waals surface area contributed by atoms with Gasteiger partial charge in [0, 0.05) is 5.69 Å². The fraction of sp³-hybridized carbons (Fsp3) is 0.429. The van der Waals surface area contributed by atoms with Crippen molar-refractivity contribution in [2.45, 2.75) is 33.7 Å². The summed E-state index contributed by atoms with van der Waals surface area (Å²) in [6, 6.07) is 4.35. The Labute approximate surface area is 113 Å². The minimum atomic E-state index is -0.699. The van der Waals surface area contributed by atoms with Crippen molar-refractivity contribution in [3.05, 3.63) is 29.3 Å². The van der Waals surface area contributed by atoms with Gasteiger partial charge in [-0.05, 0) is 37.0 Å². The van der Waals surface area contributed by atoms with Crippen LogP contribution in [0.25, 0.3) is 0 Å². The Morgan fingerprint density at radius 1 is 1.21 bits per heavy atom. The Balaban J connectivity index is 2.87. The number of amides is 3. The number of urea groups is 1. The Morgan fingerprint density at radius 3 is 2.37 bits per heavy atom. The summed E-state index contributed by atoms with van der Waals surface area (Å²) in [5.41, 5.74) is 7.95. The monoisotopic (exact) mass is 263 g/mol. The molecule has 0 aliphatic heterocycles. The molecule has 0 radical (unpaired) electrons. The summed E-state index contributed by atoms with van der Waals surface area (Å²) in [7, 11) is 0. The van der Waals surface area contributed by atoms with Crippen LogP contribution >= 0.6 is 0 Å². The lowest BCUT2D eigenvalue weighted by Gasteiger charge is -2.21. The molecule has 0 unspecified atom stereocenters. The number of hydrogen-bond acceptors (Lipinski definition) is 2. The van der Waals surface area contributed by atoms with E-state index < -0.39 is 12.1 Å². The van der Waals surface area contributed by atoms with Crippen LogP contribution in [0.2, 0.25) is 0 Å². The Bertz CT molecular complexity index is 484. The summed E-state index contributed by atoms with van der Waals surface area (Å²) in [6.07, 6.45) is 0. The molecule has 0 heterocycles. The largest absolute Gasteiger partial charge is 0.352 e. The molecule has 4 N–H and O–H groups in total. The predicted molar refractivity (Wildman–Crippen MR) is 75.9 cm³/mol. The van der Waals surface area contributed by atoms with Crippen LogP contribution in [0.15, 0.2) is 18.2 Å². The molecule has 1 aromatic carbocycles. The molecule has 0 saturated carbocycles. The van der Waals surface area contributed by atoms with E-state index in [1.54, 1.807) is 0 Å². The highest BCUT2D eigenvalue weighted by Crippen LogP contribution is 2.18. The van der Waals surface area contributed by atoms with Crippen molar-refractivity contribution in [1.82, 2.24) is 5.32 Å². The third-order valence-electron chi connectivity index (χ3n) is 3.11. The predicted octanol–water partition coefficient (Wildman–Crippen LogP) is 1.93. The van der Waals surface area contributed by atoms with E-state index in [-0.39, 0.29) is 11.8 Å². The van der Waals surface area contributed by atoms with E-state index >= 15 is 0 Å². The zero-order valence-electron chi connectivity index (χ0n) is 11.8. The zero-order chi connectivity index (χ0) is 14.6. The Kier molecular flexibility index (Phi) is 4.92. The standard InChI is InChI=1S/C14H21N3O2/c1-8(2)12(17-14(15)19)13(18)16-11-7-5-6-9(3)10(11)4/h5-8,12H,1-4H3,(H,16,18)(H3,15,17,19)/t12-/m1/s1. The molecule has 1 atom stereocenters. The van der Waals surface area contributed by atoms with Crippen molar-refractivity contribution < 1.29 is 9.59 Å². The summed E-state index contributed by atoms with van der Waals surface area (Å²) in [4.78, 5) is 23.1. The second kappa shape index (κ2) is 6.22. The molecule has 1 aromatic rings. The first-order valence-electron chi connectivity index (χ1n) is 6.26. The molecule has 1 rings (SSSR count). The van der Waals surface area contributed by atoms with Gasteiger partial charge in [-0.2, -0.15) is 0 Å². The van der Waals surface area contributed by atoms with E-state index in [2.05, 4.69) is 10.6 Å². The van der Waals surface area contributed by atoms with Crippen molar-refractivity contribution in [3.63, 3.8) is 0 Å². The molecule has 0 spiro atoms. The number of nitrogens with one attached hydrogen (secondary N) is 2. The second-order valence-electron chi connectivity index (χ2n) is 4.97. The van der Waals surface area contributed by atoms with E-state index in [9.17, 15) is 9.59 Å². The fourth-order valence-electron chi connectivity index (χ4n) is 1.79. The summed E-state index contributed by atoms with van der Waals surface area (Å²) < 4.78 is 0. The van der Waals surface area contributed by atoms with Crippen LogP contribution in [0, 0.1) is 19.8 Å². The molecule has 3 amide bonds. The quantitative estimate of drug-likeness (QED) is 0.775. The molecule has 5 heteroatoms. The molecular weight excluding hydrogens is 242 g/mol. The minimum Gasteiger partial charge on any atom is -0.352 e. The minimum absolute atomic E-state index is 0.0439. The van der Waals surface area contributed by atoms with Gasteiger partial charge in [-0.15, -0.1) is 0 Å². The molecule has 0 saturated heterocycles. The van der Waals surface area contributed by atoms with Gasteiger partial charge in [0.25, 0.3) is 0 Å². The molecule has 5 nitrogen and oxygen atoms in total. The average Bonchev–Trinajstić information content (AvgIpc) is 2.31. The Morgan fingerprint density at radius 2 is 1.84 bits per heavy atom. The van der Waals surface area contributed by atoms with Gasteiger partial charge in [-0.25, -0.2) is 4.79 Å². The van der Waals surface area contributed by atoms with Gasteiger partial charge in [-0.1, -0.05) is 26.0 Å². The van der Waals surface area contributed by atoms with E-state index in [1.165, 1.54) is 0 Å². The maximum atomic E-state index is 12.2. The normalized spacial score (nSPS) is 12.1.